The summed E-state index contributed by atoms with van der Waals surface area (Å²) in [5.41, 5.74) is 0.303. The highest BCUT2D eigenvalue weighted by Crippen LogP contribution is 2.34. The molecular formula is C11H15N3O4S. The molecule has 2 N–H and O–H groups in total. The Morgan fingerprint density at radius 2 is 2.00 bits per heavy atom. The van der Waals surface area contributed by atoms with E-state index in [0.29, 0.717) is 18.5 Å². The molecule has 104 valence electrons. The van der Waals surface area contributed by atoms with Gasteiger partial charge in [-0.25, -0.2) is 13.6 Å². The van der Waals surface area contributed by atoms with Gasteiger partial charge in [-0.15, -0.1) is 0 Å². The molecule has 0 radical (unpaired) electrons. The standard InChI is InChI=1S/C11H15N3O4S/c1-8-6-7-11(14(15)16)13(8)9-4-2-3-5-10(9)19(12,17)18/h2-5,8,11H,6-7H2,1H3,(H2,12,17,18). The lowest BCUT2D eigenvalue weighted by Gasteiger charge is -2.26. The second kappa shape index (κ2) is 4.78. The van der Waals surface area contributed by atoms with Crippen LogP contribution in [0.25, 0.3) is 0 Å². The van der Waals surface area contributed by atoms with Crippen molar-refractivity contribution < 1.29 is 13.3 Å². The lowest BCUT2D eigenvalue weighted by molar-refractivity contribution is -0.519. The maximum Gasteiger partial charge on any atom is 0.287 e. The van der Waals surface area contributed by atoms with Crippen LogP contribution in [0.3, 0.4) is 0 Å². The van der Waals surface area contributed by atoms with Gasteiger partial charge in [-0.3, -0.25) is 10.1 Å². The van der Waals surface area contributed by atoms with Crippen LogP contribution in [0, 0.1) is 10.1 Å². The minimum absolute atomic E-state index is 0.0735. The van der Waals surface area contributed by atoms with E-state index in [4.69, 9.17) is 5.14 Å². The number of sulfonamides is 1. The monoisotopic (exact) mass is 285 g/mol. The number of nitrogens with zero attached hydrogens (tertiary/aromatic N) is 2. The number of nitro groups is 1. The molecule has 1 saturated heterocycles. The molecule has 8 heteroatoms. The average molecular weight is 285 g/mol. The van der Waals surface area contributed by atoms with Gasteiger partial charge < -0.3 is 4.90 Å². The molecule has 0 amide bonds. The van der Waals surface area contributed by atoms with Crippen molar-refractivity contribution in [1.29, 1.82) is 0 Å². The smallest absolute Gasteiger partial charge is 0.287 e. The van der Waals surface area contributed by atoms with Gasteiger partial charge in [0.2, 0.25) is 10.0 Å². The van der Waals surface area contributed by atoms with Gasteiger partial charge in [0.05, 0.1) is 5.69 Å². The third kappa shape index (κ3) is 2.54. The van der Waals surface area contributed by atoms with Gasteiger partial charge in [0.15, 0.2) is 0 Å². The van der Waals surface area contributed by atoms with Crippen LogP contribution >= 0.6 is 0 Å². The molecule has 0 aliphatic carbocycles. The van der Waals surface area contributed by atoms with E-state index in [1.54, 1.807) is 18.2 Å². The maximum absolute atomic E-state index is 11.6. The van der Waals surface area contributed by atoms with Crippen molar-refractivity contribution in [1.82, 2.24) is 0 Å². The fourth-order valence-corrected chi connectivity index (χ4v) is 3.21. The number of hydrogen-bond donors (Lipinski definition) is 1. The Morgan fingerprint density at radius 3 is 2.58 bits per heavy atom. The van der Waals surface area contributed by atoms with Crippen LogP contribution in [-0.2, 0) is 10.0 Å². The van der Waals surface area contributed by atoms with E-state index in [9.17, 15) is 18.5 Å². The topological polar surface area (TPSA) is 107 Å². The zero-order valence-electron chi connectivity index (χ0n) is 10.4. The van der Waals surface area contributed by atoms with Crippen molar-refractivity contribution in [3.05, 3.63) is 34.4 Å². The number of anilines is 1. The van der Waals surface area contributed by atoms with Crippen LogP contribution in [0.5, 0.6) is 0 Å². The first kappa shape index (κ1) is 13.8. The Balaban J connectivity index is 2.55. The van der Waals surface area contributed by atoms with E-state index in [1.807, 2.05) is 6.92 Å². The van der Waals surface area contributed by atoms with Crippen molar-refractivity contribution in [3.63, 3.8) is 0 Å². The minimum atomic E-state index is -3.91. The van der Waals surface area contributed by atoms with Crippen molar-refractivity contribution >= 4 is 15.7 Å². The van der Waals surface area contributed by atoms with Crippen molar-refractivity contribution in [2.24, 2.45) is 5.14 Å². The fourth-order valence-electron chi connectivity index (χ4n) is 2.48. The summed E-state index contributed by atoms with van der Waals surface area (Å²) in [6.07, 6.45) is 0.135. The van der Waals surface area contributed by atoms with Crippen LogP contribution in [0.4, 0.5) is 5.69 Å². The van der Waals surface area contributed by atoms with Gasteiger partial charge in [-0.1, -0.05) is 12.1 Å². The number of primary sulfonamides is 1. The summed E-state index contributed by atoms with van der Waals surface area (Å²) in [7, 11) is -3.91. The molecule has 1 fully saturated rings. The van der Waals surface area contributed by atoms with Crippen LogP contribution in [-0.4, -0.2) is 25.5 Å². The van der Waals surface area contributed by atoms with Crippen LogP contribution in [0.1, 0.15) is 19.8 Å². The van der Waals surface area contributed by atoms with Crippen molar-refractivity contribution in [3.8, 4) is 0 Å². The van der Waals surface area contributed by atoms with Crippen molar-refractivity contribution in [2.45, 2.75) is 36.9 Å². The van der Waals surface area contributed by atoms with E-state index in [1.165, 1.54) is 11.0 Å². The molecule has 2 rings (SSSR count). The van der Waals surface area contributed by atoms with Crippen LogP contribution < -0.4 is 10.0 Å². The molecule has 1 aromatic rings. The average Bonchev–Trinajstić information content (AvgIpc) is 2.70. The Kier molecular flexibility index (Phi) is 3.46. The second-order valence-electron chi connectivity index (χ2n) is 4.61. The third-order valence-electron chi connectivity index (χ3n) is 3.33. The largest absolute Gasteiger partial charge is 0.306 e. The molecule has 2 atom stereocenters. The zero-order valence-corrected chi connectivity index (χ0v) is 11.2. The van der Waals surface area contributed by atoms with Gasteiger partial charge in [0, 0.05) is 17.4 Å². The van der Waals surface area contributed by atoms with Gasteiger partial charge in [-0.2, -0.15) is 0 Å². The molecule has 1 aromatic carbocycles. The number of rotatable bonds is 3. The molecule has 1 heterocycles. The fraction of sp³-hybridized carbons (Fsp3) is 0.455. The molecule has 0 bridgehead atoms. The number of nitrogens with two attached hydrogens (primary N) is 1. The molecule has 1 aliphatic heterocycles. The molecule has 2 unspecified atom stereocenters. The lowest BCUT2D eigenvalue weighted by Crippen LogP contribution is -2.40. The summed E-state index contributed by atoms with van der Waals surface area (Å²) in [5, 5.41) is 16.2. The summed E-state index contributed by atoms with van der Waals surface area (Å²) in [6.45, 7) is 1.84. The van der Waals surface area contributed by atoms with E-state index in [0.717, 1.165) is 0 Å². The highest BCUT2D eigenvalue weighted by molar-refractivity contribution is 7.89. The lowest BCUT2D eigenvalue weighted by atomic mass is 10.2. The summed E-state index contributed by atoms with van der Waals surface area (Å²) < 4.78 is 23.1. The Morgan fingerprint density at radius 1 is 1.37 bits per heavy atom. The Labute approximate surface area is 111 Å². The molecule has 19 heavy (non-hydrogen) atoms. The first-order chi connectivity index (χ1) is 8.82. The van der Waals surface area contributed by atoms with E-state index >= 15 is 0 Å². The van der Waals surface area contributed by atoms with Crippen LogP contribution in [0.2, 0.25) is 0 Å². The number of benzene rings is 1. The number of para-hydroxylation sites is 1. The molecule has 1 aliphatic rings. The molecule has 0 saturated carbocycles. The third-order valence-corrected chi connectivity index (χ3v) is 4.29. The van der Waals surface area contributed by atoms with Gasteiger partial charge in [-0.05, 0) is 25.5 Å². The zero-order chi connectivity index (χ0) is 14.2. The van der Waals surface area contributed by atoms with E-state index in [-0.39, 0.29) is 15.9 Å². The predicted octanol–water partition coefficient (Wildman–Crippen LogP) is 0.925. The molecule has 7 nitrogen and oxygen atoms in total. The Hall–Kier alpha value is -1.67. The van der Waals surface area contributed by atoms with Gasteiger partial charge in [0.25, 0.3) is 6.17 Å². The highest BCUT2D eigenvalue weighted by Gasteiger charge is 2.40. The summed E-state index contributed by atoms with van der Waals surface area (Å²) in [6, 6.07) is 6.01. The molecule has 0 spiro atoms. The van der Waals surface area contributed by atoms with Gasteiger partial charge >= 0.3 is 0 Å². The predicted molar refractivity (Wildman–Crippen MR) is 69.8 cm³/mol. The summed E-state index contributed by atoms with van der Waals surface area (Å²) in [5.74, 6) is 0. The first-order valence-electron chi connectivity index (χ1n) is 5.86. The van der Waals surface area contributed by atoms with E-state index < -0.39 is 16.2 Å². The Bertz CT molecular complexity index is 602. The van der Waals surface area contributed by atoms with Crippen molar-refractivity contribution in [2.75, 3.05) is 4.90 Å². The quantitative estimate of drug-likeness (QED) is 0.656. The normalized spacial score (nSPS) is 23.6. The maximum atomic E-state index is 11.6. The second-order valence-corrected chi connectivity index (χ2v) is 6.14. The SMILES string of the molecule is CC1CCC([N+](=O)[O-])N1c1ccccc1S(N)(=O)=O. The molecule has 0 aromatic heterocycles. The summed E-state index contributed by atoms with van der Waals surface area (Å²) >= 11 is 0. The van der Waals surface area contributed by atoms with Gasteiger partial charge in [0.1, 0.15) is 4.90 Å². The minimum Gasteiger partial charge on any atom is -0.306 e. The highest BCUT2D eigenvalue weighted by atomic mass is 32.2. The number of hydrogen-bond acceptors (Lipinski definition) is 5. The van der Waals surface area contributed by atoms with E-state index in [2.05, 4.69) is 0 Å². The summed E-state index contributed by atoms with van der Waals surface area (Å²) in [4.78, 5) is 12.1. The first-order valence-corrected chi connectivity index (χ1v) is 7.40. The van der Waals surface area contributed by atoms with Crippen LogP contribution in [0.15, 0.2) is 29.2 Å². The molecular weight excluding hydrogens is 270 g/mol.